The van der Waals surface area contributed by atoms with Crippen molar-refractivity contribution in [1.82, 2.24) is 0 Å². The largest absolute Gasteiger partial charge is 0.460 e. The molecule has 0 aromatic carbocycles. The van der Waals surface area contributed by atoms with Gasteiger partial charge in [-0.05, 0) is 74.0 Å². The summed E-state index contributed by atoms with van der Waals surface area (Å²) >= 11 is 0. The monoisotopic (exact) mass is 472 g/mol. The van der Waals surface area contributed by atoms with Gasteiger partial charge in [-0.15, -0.1) is 0 Å². The number of esters is 1. The maximum atomic E-state index is 14.0. The normalized spacial score (nSPS) is 48.3. The summed E-state index contributed by atoms with van der Waals surface area (Å²) in [6.45, 7) is -0.222. The van der Waals surface area contributed by atoms with Crippen molar-refractivity contribution in [2.24, 2.45) is 41.4 Å². The molecule has 2 saturated heterocycles. The number of allylic oxidation sites excluding steroid dienone is 2. The second-order valence-electron chi connectivity index (χ2n) is 10.6. The Morgan fingerprint density at radius 2 is 1.85 bits per heavy atom. The van der Waals surface area contributed by atoms with E-state index in [9.17, 15) is 18.0 Å². The van der Waals surface area contributed by atoms with Gasteiger partial charge in [0.1, 0.15) is 6.61 Å². The first-order valence-corrected chi connectivity index (χ1v) is 12.4. The molecule has 0 aromatic rings. The maximum Gasteiger partial charge on any atom is 0.443 e. The molecule has 0 radical (unpaired) electrons. The van der Waals surface area contributed by atoms with E-state index in [1.54, 1.807) is 0 Å². The number of hydrogen-bond donors (Lipinski definition) is 0. The molecule has 184 valence electrons. The van der Waals surface area contributed by atoms with Gasteiger partial charge in [0, 0.05) is 13.0 Å². The molecule has 10 unspecified atom stereocenters. The van der Waals surface area contributed by atoms with E-state index in [2.05, 4.69) is 12.2 Å². The van der Waals surface area contributed by atoms with E-state index in [1.165, 1.54) is 6.42 Å². The molecular weight excluding hydrogens is 441 g/mol. The van der Waals surface area contributed by atoms with Gasteiger partial charge in [-0.1, -0.05) is 12.2 Å². The molecular formula is C24H31F3O6. The Morgan fingerprint density at radius 3 is 2.61 bits per heavy atom. The van der Waals surface area contributed by atoms with Crippen LogP contribution in [0.15, 0.2) is 12.2 Å². The van der Waals surface area contributed by atoms with Crippen LogP contribution >= 0.6 is 0 Å². The third-order valence-electron chi connectivity index (χ3n) is 8.88. The van der Waals surface area contributed by atoms with Crippen LogP contribution in [0.2, 0.25) is 0 Å². The minimum Gasteiger partial charge on any atom is -0.460 e. The van der Waals surface area contributed by atoms with E-state index < -0.39 is 31.0 Å². The van der Waals surface area contributed by atoms with Gasteiger partial charge in [0.15, 0.2) is 12.6 Å². The predicted octanol–water partition coefficient (Wildman–Crippen LogP) is 4.19. The Hall–Kier alpha value is -1.16. The molecule has 0 aromatic heterocycles. The lowest BCUT2D eigenvalue weighted by Gasteiger charge is -2.43. The Kier molecular flexibility index (Phi) is 5.55. The Labute approximate surface area is 191 Å². The number of rotatable bonds is 5. The zero-order valence-corrected chi connectivity index (χ0v) is 18.5. The first kappa shape index (κ1) is 22.3. The number of halogens is 3. The van der Waals surface area contributed by atoms with Gasteiger partial charge in [0.25, 0.3) is 5.79 Å². The van der Waals surface area contributed by atoms with Crippen LogP contribution < -0.4 is 0 Å². The second kappa shape index (κ2) is 8.21. The summed E-state index contributed by atoms with van der Waals surface area (Å²) < 4.78 is 68.8. The van der Waals surface area contributed by atoms with Crippen LogP contribution in [-0.4, -0.2) is 50.3 Å². The zero-order chi connectivity index (χ0) is 22.8. The highest BCUT2D eigenvalue weighted by Crippen LogP contribution is 2.67. The van der Waals surface area contributed by atoms with Gasteiger partial charge >= 0.3 is 12.1 Å². The number of fused-ring (bicyclic) bond motifs is 9. The van der Waals surface area contributed by atoms with Crippen LogP contribution in [0.3, 0.4) is 0 Å². The lowest BCUT2D eigenvalue weighted by Crippen LogP contribution is -2.58. The van der Waals surface area contributed by atoms with Gasteiger partial charge in [-0.2, -0.15) is 13.2 Å². The van der Waals surface area contributed by atoms with Crippen molar-refractivity contribution in [3.63, 3.8) is 0 Å². The molecule has 6 nitrogen and oxygen atoms in total. The summed E-state index contributed by atoms with van der Waals surface area (Å²) in [5.41, 5.74) is 0. The molecule has 6 rings (SSSR count). The van der Waals surface area contributed by atoms with Gasteiger partial charge < -0.3 is 23.7 Å². The number of hydrogen-bond acceptors (Lipinski definition) is 6. The van der Waals surface area contributed by atoms with Crippen molar-refractivity contribution in [1.29, 1.82) is 0 Å². The SMILES string of the molecule is O=C(OCC1OCCC(OC2CCCCO2)(C(F)(F)F)O1)C1CC2CC1C1C3C=CC(C3)C21. The lowest BCUT2D eigenvalue weighted by molar-refractivity contribution is -0.464. The fourth-order valence-corrected chi connectivity index (χ4v) is 7.63. The van der Waals surface area contributed by atoms with Gasteiger partial charge in [-0.25, -0.2) is 0 Å². The molecule has 3 saturated carbocycles. The molecule has 10 atom stereocenters. The van der Waals surface area contributed by atoms with Gasteiger partial charge in [0.05, 0.1) is 12.5 Å². The zero-order valence-electron chi connectivity index (χ0n) is 18.5. The van der Waals surface area contributed by atoms with Gasteiger partial charge in [0.2, 0.25) is 0 Å². The summed E-state index contributed by atoms with van der Waals surface area (Å²) in [4.78, 5) is 12.9. The smallest absolute Gasteiger partial charge is 0.443 e. The Balaban J connectivity index is 1.07. The third kappa shape index (κ3) is 3.74. The molecule has 0 amide bonds. The predicted molar refractivity (Wildman–Crippen MR) is 107 cm³/mol. The Bertz CT molecular complexity index is 796. The molecule has 4 aliphatic carbocycles. The molecule has 5 fully saturated rings. The molecule has 2 aliphatic heterocycles. The van der Waals surface area contributed by atoms with E-state index in [-0.39, 0.29) is 25.1 Å². The molecule has 33 heavy (non-hydrogen) atoms. The molecule has 6 aliphatic rings. The average molecular weight is 473 g/mol. The van der Waals surface area contributed by atoms with Crippen LogP contribution in [0.1, 0.15) is 44.9 Å². The van der Waals surface area contributed by atoms with E-state index >= 15 is 0 Å². The lowest BCUT2D eigenvalue weighted by atomic mass is 9.69. The van der Waals surface area contributed by atoms with E-state index in [1.807, 2.05) is 0 Å². The van der Waals surface area contributed by atoms with E-state index in [0.717, 1.165) is 25.7 Å². The number of carbonyl (C=O) groups excluding carboxylic acids is 1. The highest BCUT2D eigenvalue weighted by Gasteiger charge is 2.63. The van der Waals surface area contributed by atoms with Crippen LogP contribution in [0.5, 0.6) is 0 Å². The summed E-state index contributed by atoms with van der Waals surface area (Å²) in [5.74, 6) is 0.0432. The second-order valence-corrected chi connectivity index (χ2v) is 10.6. The fraction of sp³-hybridized carbons (Fsp3) is 0.875. The molecule has 0 spiro atoms. The summed E-state index contributed by atoms with van der Waals surface area (Å²) in [6.07, 6.45) is 2.10. The number of ether oxygens (including phenoxy) is 5. The molecule has 4 bridgehead atoms. The van der Waals surface area contributed by atoms with Crippen molar-refractivity contribution in [3.05, 3.63) is 12.2 Å². The van der Waals surface area contributed by atoms with E-state index in [4.69, 9.17) is 23.7 Å². The van der Waals surface area contributed by atoms with Crippen molar-refractivity contribution in [3.8, 4) is 0 Å². The summed E-state index contributed by atoms with van der Waals surface area (Å²) in [5, 5.41) is 0. The van der Waals surface area contributed by atoms with Crippen molar-refractivity contribution in [2.75, 3.05) is 19.8 Å². The highest BCUT2D eigenvalue weighted by atomic mass is 19.4. The average Bonchev–Trinajstić information content (AvgIpc) is 3.57. The molecule has 0 N–H and O–H groups in total. The fourth-order valence-electron chi connectivity index (χ4n) is 7.63. The molecule has 9 heteroatoms. The minimum absolute atomic E-state index is 0.174. The van der Waals surface area contributed by atoms with Crippen molar-refractivity contribution < 1.29 is 41.7 Å². The Morgan fingerprint density at radius 1 is 1.03 bits per heavy atom. The third-order valence-corrected chi connectivity index (χ3v) is 8.88. The molecule has 2 heterocycles. The minimum atomic E-state index is -4.77. The maximum absolute atomic E-state index is 14.0. The van der Waals surface area contributed by atoms with Crippen LogP contribution in [-0.2, 0) is 28.5 Å². The van der Waals surface area contributed by atoms with E-state index in [0.29, 0.717) is 48.5 Å². The van der Waals surface area contributed by atoms with Crippen LogP contribution in [0.4, 0.5) is 13.2 Å². The number of alkyl halides is 3. The number of carbonyl (C=O) groups is 1. The highest BCUT2D eigenvalue weighted by molar-refractivity contribution is 5.73. The summed E-state index contributed by atoms with van der Waals surface area (Å²) in [6, 6.07) is 0. The van der Waals surface area contributed by atoms with Crippen molar-refractivity contribution in [2.45, 2.75) is 69.5 Å². The quantitative estimate of drug-likeness (QED) is 0.340. The van der Waals surface area contributed by atoms with Crippen LogP contribution in [0.25, 0.3) is 0 Å². The first-order chi connectivity index (χ1) is 15.8. The van der Waals surface area contributed by atoms with Crippen LogP contribution in [0, 0.1) is 41.4 Å². The summed E-state index contributed by atoms with van der Waals surface area (Å²) in [7, 11) is 0. The van der Waals surface area contributed by atoms with Gasteiger partial charge in [-0.3, -0.25) is 4.79 Å². The standard InChI is InChI=1S/C24H31F3O6/c25-24(26,27)23(32-18-3-1-2-7-29-18)6-8-30-19(33-23)12-31-22(28)17-11-15-10-16(17)21-14-5-4-13(9-14)20(15)21/h4-5,13-21H,1-3,6-12H2. The van der Waals surface area contributed by atoms with Crippen molar-refractivity contribution >= 4 is 5.97 Å². The first-order valence-electron chi connectivity index (χ1n) is 12.4. The topological polar surface area (TPSA) is 63.2 Å².